The third kappa shape index (κ3) is 6.47. The molecule has 0 saturated carbocycles. The molecule has 0 aromatic heterocycles. The molecule has 306 valence electrons. The average Bonchev–Trinajstić information content (AvgIpc) is 3.65. The van der Waals surface area contributed by atoms with Crippen LogP contribution in [0.3, 0.4) is 0 Å². The van der Waals surface area contributed by atoms with Crippen LogP contribution in [0.25, 0.3) is 77.2 Å². The van der Waals surface area contributed by atoms with E-state index in [4.69, 9.17) is 0 Å². The predicted molar refractivity (Wildman–Crippen MR) is 275 cm³/mol. The fourth-order valence-electron chi connectivity index (χ4n) is 10.6. The quantitative estimate of drug-likeness (QED) is 0.138. The first-order valence-corrected chi connectivity index (χ1v) is 22.6. The summed E-state index contributed by atoms with van der Waals surface area (Å²) in [4.78, 5) is 2.43. The van der Waals surface area contributed by atoms with Crippen molar-refractivity contribution < 1.29 is 0 Å². The van der Waals surface area contributed by atoms with E-state index in [1.165, 1.54) is 88.3 Å². The van der Waals surface area contributed by atoms with Crippen molar-refractivity contribution in [1.29, 1.82) is 0 Å². The predicted octanol–water partition coefficient (Wildman–Crippen LogP) is 17.5. The largest absolute Gasteiger partial charge is 0.310 e. The Morgan fingerprint density at radius 3 is 1.46 bits per heavy atom. The van der Waals surface area contributed by atoms with Gasteiger partial charge in [0, 0.05) is 22.5 Å². The molecule has 1 nitrogen and oxygen atoms in total. The lowest BCUT2D eigenvalue weighted by molar-refractivity contribution is 0.714. The molecule has 1 aliphatic rings. The summed E-state index contributed by atoms with van der Waals surface area (Å²) in [6.07, 6.45) is 0. The standard InChI is InChI=1S/C64H45N/c1-64(50-26-12-5-13-27-50)60-32-17-16-30-56(60)58-43-53(38-40-61(58)64)65(51-36-33-45(34-37-51)44-19-6-2-7-20-44)52-28-18-25-48(41-52)49-35-39-55-54-29-14-15-31-57(54)62(46-21-8-3-9-22-46)63(59(55)42-49)47-23-10-4-11-24-47/h2-43H,1H3. The van der Waals surface area contributed by atoms with Crippen molar-refractivity contribution in [3.8, 4) is 55.6 Å². The molecule has 0 radical (unpaired) electrons. The summed E-state index contributed by atoms with van der Waals surface area (Å²) in [5.74, 6) is 0. The van der Waals surface area contributed by atoms with Crippen LogP contribution in [0, 0.1) is 0 Å². The second-order valence-corrected chi connectivity index (χ2v) is 17.4. The number of hydrogen-bond donors (Lipinski definition) is 0. The topological polar surface area (TPSA) is 3.24 Å². The molecule has 0 fully saturated rings. The fraction of sp³-hybridized carbons (Fsp3) is 0.0312. The van der Waals surface area contributed by atoms with Crippen LogP contribution in [0.2, 0.25) is 0 Å². The van der Waals surface area contributed by atoms with Crippen molar-refractivity contribution in [2.45, 2.75) is 12.3 Å². The molecule has 1 heteroatoms. The molecule has 0 heterocycles. The van der Waals surface area contributed by atoms with Crippen molar-refractivity contribution >= 4 is 38.6 Å². The highest BCUT2D eigenvalue weighted by Gasteiger charge is 2.41. The van der Waals surface area contributed by atoms with Gasteiger partial charge >= 0.3 is 0 Å². The summed E-state index contributed by atoms with van der Waals surface area (Å²) < 4.78 is 0. The molecular formula is C64H45N. The van der Waals surface area contributed by atoms with Crippen LogP contribution in [-0.4, -0.2) is 0 Å². The lowest BCUT2D eigenvalue weighted by Crippen LogP contribution is -2.22. The highest BCUT2D eigenvalue weighted by molar-refractivity contribution is 6.22. The summed E-state index contributed by atoms with van der Waals surface area (Å²) in [6.45, 7) is 2.38. The average molecular weight is 828 g/mol. The van der Waals surface area contributed by atoms with Gasteiger partial charge in [-0.3, -0.25) is 0 Å². The first-order chi connectivity index (χ1) is 32.1. The van der Waals surface area contributed by atoms with Crippen LogP contribution >= 0.6 is 0 Å². The van der Waals surface area contributed by atoms with Gasteiger partial charge in [0.1, 0.15) is 0 Å². The molecule has 65 heavy (non-hydrogen) atoms. The molecule has 0 aliphatic heterocycles. The van der Waals surface area contributed by atoms with Gasteiger partial charge in [-0.25, -0.2) is 0 Å². The van der Waals surface area contributed by atoms with Gasteiger partial charge in [-0.1, -0.05) is 212 Å². The molecule has 0 saturated heterocycles. The summed E-state index contributed by atoms with van der Waals surface area (Å²) in [6, 6.07) is 93.5. The minimum absolute atomic E-state index is 0.270. The van der Waals surface area contributed by atoms with E-state index in [2.05, 4.69) is 267 Å². The third-order valence-corrected chi connectivity index (χ3v) is 13.7. The van der Waals surface area contributed by atoms with Crippen LogP contribution in [0.1, 0.15) is 23.6 Å². The molecule has 0 amide bonds. The number of benzene rings is 11. The zero-order valence-corrected chi connectivity index (χ0v) is 36.2. The Kier molecular flexibility index (Phi) is 9.35. The molecule has 11 aromatic carbocycles. The molecule has 0 spiro atoms. The molecule has 12 rings (SSSR count). The van der Waals surface area contributed by atoms with E-state index in [1.807, 2.05) is 0 Å². The summed E-state index contributed by atoms with van der Waals surface area (Å²) in [7, 11) is 0. The van der Waals surface area contributed by atoms with Gasteiger partial charge in [-0.05, 0) is 143 Å². The number of anilines is 3. The number of fused-ring (bicyclic) bond motifs is 6. The molecule has 0 bridgehead atoms. The van der Waals surface area contributed by atoms with Crippen molar-refractivity contribution in [2.75, 3.05) is 4.90 Å². The number of nitrogens with zero attached hydrogens (tertiary/aromatic N) is 1. The third-order valence-electron chi connectivity index (χ3n) is 13.7. The van der Waals surface area contributed by atoms with Gasteiger partial charge in [0.25, 0.3) is 0 Å². The second-order valence-electron chi connectivity index (χ2n) is 17.4. The number of rotatable bonds is 8. The monoisotopic (exact) mass is 827 g/mol. The van der Waals surface area contributed by atoms with Gasteiger partial charge in [0.15, 0.2) is 0 Å². The van der Waals surface area contributed by atoms with E-state index >= 15 is 0 Å². The SMILES string of the molecule is CC1(c2ccccc2)c2ccccc2-c2cc(N(c3ccc(-c4ccccc4)cc3)c3cccc(-c4ccc5c(c4)c(-c4ccccc4)c(-c4ccccc4)c4ccccc45)c3)ccc21. The van der Waals surface area contributed by atoms with Crippen LogP contribution in [-0.2, 0) is 5.41 Å². The Morgan fingerprint density at radius 2 is 0.754 bits per heavy atom. The maximum Gasteiger partial charge on any atom is 0.0468 e. The smallest absolute Gasteiger partial charge is 0.0468 e. The Morgan fingerprint density at radius 1 is 0.277 bits per heavy atom. The van der Waals surface area contributed by atoms with Gasteiger partial charge < -0.3 is 4.90 Å². The second kappa shape index (κ2) is 15.8. The molecule has 1 unspecified atom stereocenters. The van der Waals surface area contributed by atoms with E-state index in [9.17, 15) is 0 Å². The Bertz CT molecular complexity index is 3520. The minimum atomic E-state index is -0.270. The Balaban J connectivity index is 1.05. The maximum absolute atomic E-state index is 2.43. The summed E-state index contributed by atoms with van der Waals surface area (Å²) >= 11 is 0. The molecule has 1 aliphatic carbocycles. The van der Waals surface area contributed by atoms with E-state index in [0.717, 1.165) is 22.6 Å². The van der Waals surface area contributed by atoms with Crippen molar-refractivity contribution in [3.63, 3.8) is 0 Å². The van der Waals surface area contributed by atoms with E-state index in [0.29, 0.717) is 0 Å². The highest BCUT2D eigenvalue weighted by atomic mass is 15.1. The lowest BCUT2D eigenvalue weighted by Gasteiger charge is -2.30. The van der Waals surface area contributed by atoms with Gasteiger partial charge in [0.05, 0.1) is 0 Å². The first-order valence-electron chi connectivity index (χ1n) is 22.6. The van der Waals surface area contributed by atoms with E-state index in [-0.39, 0.29) is 5.41 Å². The van der Waals surface area contributed by atoms with Crippen LogP contribution in [0.5, 0.6) is 0 Å². The first kappa shape index (κ1) is 38.4. The normalized spacial score (nSPS) is 14.0. The maximum atomic E-state index is 2.43. The molecule has 11 aromatic rings. The Hall–Kier alpha value is -8.26. The number of hydrogen-bond acceptors (Lipinski definition) is 1. The summed E-state index contributed by atoms with van der Waals surface area (Å²) in [5.41, 5.74) is 19.2. The minimum Gasteiger partial charge on any atom is -0.310 e. The van der Waals surface area contributed by atoms with Gasteiger partial charge in [0.2, 0.25) is 0 Å². The fourth-order valence-corrected chi connectivity index (χ4v) is 10.6. The van der Waals surface area contributed by atoms with Crippen LogP contribution < -0.4 is 4.90 Å². The molecule has 1 atom stereocenters. The zero-order valence-electron chi connectivity index (χ0n) is 36.2. The van der Waals surface area contributed by atoms with Crippen molar-refractivity contribution in [2.24, 2.45) is 0 Å². The lowest BCUT2D eigenvalue weighted by atomic mass is 9.74. The Labute approximate surface area is 381 Å². The van der Waals surface area contributed by atoms with Crippen molar-refractivity contribution in [3.05, 3.63) is 271 Å². The molecular weight excluding hydrogens is 783 g/mol. The molecule has 0 N–H and O–H groups in total. The summed E-state index contributed by atoms with van der Waals surface area (Å²) in [5, 5.41) is 5.01. The van der Waals surface area contributed by atoms with Crippen LogP contribution in [0.4, 0.5) is 17.1 Å². The van der Waals surface area contributed by atoms with Gasteiger partial charge in [-0.2, -0.15) is 0 Å². The highest BCUT2D eigenvalue weighted by Crippen LogP contribution is 2.54. The van der Waals surface area contributed by atoms with Gasteiger partial charge in [-0.15, -0.1) is 0 Å². The van der Waals surface area contributed by atoms with E-state index in [1.54, 1.807) is 0 Å². The van der Waals surface area contributed by atoms with Crippen LogP contribution in [0.15, 0.2) is 255 Å². The van der Waals surface area contributed by atoms with E-state index < -0.39 is 0 Å². The zero-order chi connectivity index (χ0) is 43.3. The van der Waals surface area contributed by atoms with Crippen molar-refractivity contribution in [1.82, 2.24) is 0 Å².